The Hall–Kier alpha value is -4.67. The molecule has 4 amide bonds. The normalized spacial score (nSPS) is 30.3. The molecule has 3 aromatic carbocycles. The zero-order chi connectivity index (χ0) is 34.4. The zero-order valence-corrected chi connectivity index (χ0v) is 27.3. The standard InChI is InChI=1S/C37H29Cl2FN2O7/c38-36-17-28-26(10-11-27-30(28)33(46)41(32(27)45)14-13-19-1-7-24(43)8-2-19)31(21-15-20-16-25(44)9-12-29(20)49-18-21)37(36,39)35(48)42(34(36)47)23-5-3-22(40)4-6-23/h1-10,12,16,18,27-28,30-31,43-44H,11,13-15,17H2. The van der Waals surface area contributed by atoms with Crippen molar-refractivity contribution >= 4 is 52.5 Å². The maximum absolute atomic E-state index is 14.5. The van der Waals surface area contributed by atoms with Gasteiger partial charge in [-0.05, 0) is 90.9 Å². The summed E-state index contributed by atoms with van der Waals surface area (Å²) in [5.41, 5.74) is 2.68. The van der Waals surface area contributed by atoms with Gasteiger partial charge < -0.3 is 14.9 Å². The number of likely N-dealkylation sites (tertiary alicyclic amines) is 1. The highest BCUT2D eigenvalue weighted by Crippen LogP contribution is 2.65. The van der Waals surface area contributed by atoms with Gasteiger partial charge in [0, 0.05) is 24.4 Å². The van der Waals surface area contributed by atoms with E-state index in [4.69, 9.17) is 27.9 Å². The second kappa shape index (κ2) is 11.2. The van der Waals surface area contributed by atoms with Crippen molar-refractivity contribution in [3.05, 3.63) is 107 Å². The minimum absolute atomic E-state index is 0.00851. The molecule has 3 fully saturated rings. The number of fused-ring (bicyclic) bond motifs is 5. The van der Waals surface area contributed by atoms with Crippen molar-refractivity contribution in [2.45, 2.75) is 35.4 Å². The fourth-order valence-corrected chi connectivity index (χ4v) is 9.35. The zero-order valence-electron chi connectivity index (χ0n) is 25.8. The lowest BCUT2D eigenvalue weighted by molar-refractivity contribution is -0.140. The summed E-state index contributed by atoms with van der Waals surface area (Å²) in [5.74, 6) is -5.55. The number of phenolic OH excluding ortho intramolecular Hbond substituents is 2. The number of ether oxygens (including phenoxy) is 1. The highest BCUT2D eigenvalue weighted by atomic mass is 35.5. The summed E-state index contributed by atoms with van der Waals surface area (Å²) in [5, 5.41) is 19.9. The number of allylic oxidation sites excluding steroid dienone is 3. The van der Waals surface area contributed by atoms with Crippen LogP contribution in [0.3, 0.4) is 0 Å². The van der Waals surface area contributed by atoms with Crippen LogP contribution in [-0.2, 0) is 32.0 Å². The molecule has 2 aliphatic carbocycles. The summed E-state index contributed by atoms with van der Waals surface area (Å²) < 4.78 is 19.9. The van der Waals surface area contributed by atoms with Crippen LogP contribution in [0.2, 0.25) is 0 Å². The van der Waals surface area contributed by atoms with E-state index < -0.39 is 51.1 Å². The van der Waals surface area contributed by atoms with Crippen LogP contribution in [0, 0.1) is 29.5 Å². The van der Waals surface area contributed by atoms with Crippen LogP contribution in [0.15, 0.2) is 90.2 Å². The lowest BCUT2D eigenvalue weighted by Crippen LogP contribution is -2.61. The molecule has 5 aliphatic rings. The van der Waals surface area contributed by atoms with E-state index in [0.717, 1.165) is 22.6 Å². The molecule has 2 saturated heterocycles. The predicted octanol–water partition coefficient (Wildman–Crippen LogP) is 5.39. The smallest absolute Gasteiger partial charge is 0.258 e. The number of hydrogen-bond acceptors (Lipinski definition) is 7. The van der Waals surface area contributed by atoms with E-state index in [1.807, 2.05) is 6.08 Å². The molecule has 9 nitrogen and oxygen atoms in total. The number of phenols is 2. The Morgan fingerprint density at radius 2 is 1.59 bits per heavy atom. The highest BCUT2D eigenvalue weighted by molar-refractivity contribution is 6.58. The van der Waals surface area contributed by atoms with Crippen LogP contribution < -0.4 is 9.64 Å². The molecule has 49 heavy (non-hydrogen) atoms. The van der Waals surface area contributed by atoms with E-state index in [1.54, 1.807) is 24.3 Å². The summed E-state index contributed by atoms with van der Waals surface area (Å²) >= 11 is 14.9. The van der Waals surface area contributed by atoms with Gasteiger partial charge in [-0.3, -0.25) is 24.1 Å². The SMILES string of the molecule is O=C1C2CC=C3C(CC4(Cl)C(=O)N(c5ccc(F)cc5)C(=O)C4(Cl)C3C3=COc4ccc(O)cc4C3)C2C(=O)N1CCc1ccc(O)cc1. The first-order valence-electron chi connectivity index (χ1n) is 16.0. The summed E-state index contributed by atoms with van der Waals surface area (Å²) in [6.07, 6.45) is 3.92. The van der Waals surface area contributed by atoms with Gasteiger partial charge in [-0.15, -0.1) is 23.2 Å². The van der Waals surface area contributed by atoms with Crippen LogP contribution in [0.4, 0.5) is 10.1 Å². The Labute approximate surface area is 290 Å². The van der Waals surface area contributed by atoms with E-state index in [0.29, 0.717) is 28.9 Å². The van der Waals surface area contributed by atoms with Gasteiger partial charge >= 0.3 is 0 Å². The number of amides is 4. The second-order valence-corrected chi connectivity index (χ2v) is 14.5. The van der Waals surface area contributed by atoms with E-state index in [1.165, 1.54) is 41.5 Å². The predicted molar refractivity (Wildman–Crippen MR) is 176 cm³/mol. The molecular weight excluding hydrogens is 674 g/mol. The largest absolute Gasteiger partial charge is 0.508 e. The molecule has 0 bridgehead atoms. The molecule has 8 rings (SSSR count). The van der Waals surface area contributed by atoms with Gasteiger partial charge in [-0.2, -0.15) is 0 Å². The van der Waals surface area contributed by atoms with Crippen molar-refractivity contribution in [2.75, 3.05) is 11.4 Å². The van der Waals surface area contributed by atoms with Gasteiger partial charge in [-0.25, -0.2) is 9.29 Å². The van der Waals surface area contributed by atoms with Crippen LogP contribution in [0.1, 0.15) is 24.0 Å². The number of aromatic hydroxyl groups is 2. The van der Waals surface area contributed by atoms with Crippen LogP contribution in [-0.4, -0.2) is 55.0 Å². The Bertz CT molecular complexity index is 2020. The average Bonchev–Trinajstić information content (AvgIpc) is 3.41. The fourth-order valence-electron chi connectivity index (χ4n) is 8.40. The number of rotatable bonds is 5. The first-order valence-corrected chi connectivity index (χ1v) is 16.7. The molecule has 0 aromatic heterocycles. The quantitative estimate of drug-likeness (QED) is 0.208. The maximum atomic E-state index is 14.5. The van der Waals surface area contributed by atoms with Crippen LogP contribution >= 0.6 is 23.2 Å². The molecule has 6 atom stereocenters. The third-order valence-corrected chi connectivity index (χ3v) is 12.1. The third-order valence-electron chi connectivity index (χ3n) is 10.7. The summed E-state index contributed by atoms with van der Waals surface area (Å²) in [6, 6.07) is 16.0. The Morgan fingerprint density at radius 3 is 2.33 bits per heavy atom. The molecule has 3 heterocycles. The molecule has 250 valence electrons. The van der Waals surface area contributed by atoms with Gasteiger partial charge in [0.1, 0.15) is 23.1 Å². The number of carbonyl (C=O) groups is 4. The van der Waals surface area contributed by atoms with Crippen molar-refractivity contribution in [3.63, 3.8) is 0 Å². The maximum Gasteiger partial charge on any atom is 0.258 e. The first kappa shape index (κ1) is 31.6. The van der Waals surface area contributed by atoms with Gasteiger partial charge in [0.25, 0.3) is 11.8 Å². The molecule has 0 spiro atoms. The van der Waals surface area contributed by atoms with E-state index in [9.17, 15) is 33.8 Å². The molecular formula is C37H29Cl2FN2O7. The molecule has 6 unspecified atom stereocenters. The Morgan fingerprint density at radius 1 is 0.878 bits per heavy atom. The molecule has 3 aromatic rings. The third kappa shape index (κ3) is 4.57. The number of benzene rings is 3. The van der Waals surface area contributed by atoms with Gasteiger partial charge in [0.15, 0.2) is 9.75 Å². The van der Waals surface area contributed by atoms with E-state index >= 15 is 0 Å². The summed E-state index contributed by atoms with van der Waals surface area (Å²) in [6.45, 7) is 0.126. The summed E-state index contributed by atoms with van der Waals surface area (Å²) in [4.78, 5) is 54.9. The molecule has 3 aliphatic heterocycles. The second-order valence-electron chi connectivity index (χ2n) is 13.3. The topological polar surface area (TPSA) is 124 Å². The fraction of sp³-hybridized carbons (Fsp3) is 0.297. The van der Waals surface area contributed by atoms with Crippen LogP contribution in [0.25, 0.3) is 0 Å². The monoisotopic (exact) mass is 702 g/mol. The number of carbonyl (C=O) groups excluding carboxylic acids is 4. The number of alkyl halides is 2. The number of anilines is 1. The summed E-state index contributed by atoms with van der Waals surface area (Å²) in [7, 11) is 0. The molecule has 1 saturated carbocycles. The number of halogens is 3. The van der Waals surface area contributed by atoms with Crippen LogP contribution in [0.5, 0.6) is 17.2 Å². The minimum Gasteiger partial charge on any atom is -0.508 e. The lowest BCUT2D eigenvalue weighted by atomic mass is 9.56. The minimum atomic E-state index is -2.08. The van der Waals surface area contributed by atoms with Crippen molar-refractivity contribution < 1.29 is 38.5 Å². The van der Waals surface area contributed by atoms with E-state index in [-0.39, 0.29) is 54.8 Å². The highest BCUT2D eigenvalue weighted by Gasteiger charge is 2.77. The van der Waals surface area contributed by atoms with E-state index in [2.05, 4.69) is 0 Å². The van der Waals surface area contributed by atoms with Crippen molar-refractivity contribution in [2.24, 2.45) is 23.7 Å². The Balaban J connectivity index is 1.21. The van der Waals surface area contributed by atoms with Gasteiger partial charge in [0.05, 0.1) is 23.8 Å². The molecule has 2 N–H and O–H groups in total. The number of imide groups is 2. The average molecular weight is 704 g/mol. The number of hydrogen-bond donors (Lipinski definition) is 2. The van der Waals surface area contributed by atoms with Crippen molar-refractivity contribution in [1.29, 1.82) is 0 Å². The van der Waals surface area contributed by atoms with Crippen molar-refractivity contribution in [3.8, 4) is 17.2 Å². The van der Waals surface area contributed by atoms with Gasteiger partial charge in [0.2, 0.25) is 11.8 Å². The first-order chi connectivity index (χ1) is 23.4. The lowest BCUT2D eigenvalue weighted by Gasteiger charge is -2.51. The molecule has 0 radical (unpaired) electrons. The molecule has 12 heteroatoms. The van der Waals surface area contributed by atoms with Gasteiger partial charge in [-0.1, -0.05) is 23.8 Å². The van der Waals surface area contributed by atoms with Crippen molar-refractivity contribution in [1.82, 2.24) is 4.90 Å². The number of nitrogens with zero attached hydrogens (tertiary/aromatic N) is 2. The Kier molecular flexibility index (Phi) is 7.21.